The molecular weight excluding hydrogens is 483 g/mol. The monoisotopic (exact) mass is 501 g/mol. The SMILES string of the molecule is CCONC(=O)c1ncc(NC(=O)Nc2cnc3cc(Cl)nn3c2[C@H](C)OC)cc1C(F)(F)F. The molecule has 0 radical (unpaired) electrons. The number of carbonyl (C=O) groups is 2. The van der Waals surface area contributed by atoms with Crippen molar-refractivity contribution in [1.82, 2.24) is 25.1 Å². The van der Waals surface area contributed by atoms with Crippen LogP contribution in [0.2, 0.25) is 5.15 Å². The van der Waals surface area contributed by atoms with E-state index in [9.17, 15) is 22.8 Å². The maximum absolute atomic E-state index is 13.5. The molecule has 11 nitrogen and oxygen atoms in total. The van der Waals surface area contributed by atoms with Crippen LogP contribution in [0.3, 0.4) is 0 Å². The third-order valence-electron chi connectivity index (χ3n) is 4.45. The third-order valence-corrected chi connectivity index (χ3v) is 4.64. The zero-order chi connectivity index (χ0) is 25.0. The van der Waals surface area contributed by atoms with Gasteiger partial charge in [0, 0.05) is 13.2 Å². The summed E-state index contributed by atoms with van der Waals surface area (Å²) in [5, 5.41) is 9.01. The number of anilines is 2. The van der Waals surface area contributed by atoms with Crippen molar-refractivity contribution in [2.75, 3.05) is 24.4 Å². The first-order valence-corrected chi connectivity index (χ1v) is 10.1. The van der Waals surface area contributed by atoms with Crippen molar-refractivity contribution in [2.45, 2.75) is 26.1 Å². The third kappa shape index (κ3) is 5.52. The van der Waals surface area contributed by atoms with Crippen molar-refractivity contribution < 1.29 is 32.3 Å². The van der Waals surface area contributed by atoms with Gasteiger partial charge >= 0.3 is 12.2 Å². The second-order valence-corrected chi connectivity index (χ2v) is 7.12. The first-order valence-electron chi connectivity index (χ1n) is 9.69. The molecule has 0 bridgehead atoms. The number of rotatable bonds is 7. The summed E-state index contributed by atoms with van der Waals surface area (Å²) in [5.41, 5.74) is 0.250. The Morgan fingerprint density at radius 3 is 2.59 bits per heavy atom. The number of hydroxylamine groups is 1. The Labute approximate surface area is 195 Å². The first kappa shape index (κ1) is 25.1. The standard InChI is InChI=1S/C19H19ClF3N7O4/c1-4-34-29-17(31)15-11(19(21,22)23)5-10(7-25-15)26-18(32)27-12-8-24-14-6-13(20)28-30(14)16(12)9(2)33-3/h5-9H,4H2,1-3H3,(H,29,31)(H2,26,27,32)/t9-/m0/s1. The van der Waals surface area contributed by atoms with E-state index in [1.165, 1.54) is 30.8 Å². The number of pyridine rings is 1. The topological polar surface area (TPSA) is 132 Å². The van der Waals surface area contributed by atoms with E-state index in [1.807, 2.05) is 5.48 Å². The molecule has 0 saturated carbocycles. The minimum atomic E-state index is -4.92. The number of aromatic nitrogens is 4. The average Bonchev–Trinajstić information content (AvgIpc) is 3.16. The smallest absolute Gasteiger partial charge is 0.375 e. The van der Waals surface area contributed by atoms with Gasteiger partial charge in [-0.3, -0.25) is 9.63 Å². The van der Waals surface area contributed by atoms with E-state index >= 15 is 0 Å². The fourth-order valence-electron chi connectivity index (χ4n) is 2.92. The fourth-order valence-corrected chi connectivity index (χ4v) is 3.10. The van der Waals surface area contributed by atoms with Gasteiger partial charge in [-0.05, 0) is 19.9 Å². The number of hydrogen-bond donors (Lipinski definition) is 3. The van der Waals surface area contributed by atoms with Crippen molar-refractivity contribution in [1.29, 1.82) is 0 Å². The summed E-state index contributed by atoms with van der Waals surface area (Å²) in [6.07, 6.45) is -3.24. The summed E-state index contributed by atoms with van der Waals surface area (Å²) in [4.78, 5) is 36.8. The molecule has 0 aliphatic rings. The van der Waals surface area contributed by atoms with Gasteiger partial charge < -0.3 is 15.4 Å². The number of halogens is 4. The highest BCUT2D eigenvalue weighted by Crippen LogP contribution is 2.33. The van der Waals surface area contributed by atoms with E-state index in [0.717, 1.165) is 6.20 Å². The molecule has 3 heterocycles. The summed E-state index contributed by atoms with van der Waals surface area (Å²) in [6.45, 7) is 3.28. The summed E-state index contributed by atoms with van der Waals surface area (Å²) in [6, 6.07) is 1.19. The Kier molecular flexibility index (Phi) is 7.54. The highest BCUT2D eigenvalue weighted by Gasteiger charge is 2.37. The normalized spacial score (nSPS) is 12.4. The van der Waals surface area contributed by atoms with E-state index in [0.29, 0.717) is 17.4 Å². The Balaban J connectivity index is 1.88. The Hall–Kier alpha value is -3.49. The molecule has 1 atom stereocenters. The van der Waals surface area contributed by atoms with Crippen LogP contribution >= 0.6 is 11.6 Å². The maximum Gasteiger partial charge on any atom is 0.418 e. The largest absolute Gasteiger partial charge is 0.418 e. The minimum absolute atomic E-state index is 0.0436. The van der Waals surface area contributed by atoms with Crippen molar-refractivity contribution >= 4 is 40.6 Å². The zero-order valence-electron chi connectivity index (χ0n) is 18.0. The highest BCUT2D eigenvalue weighted by molar-refractivity contribution is 6.29. The average molecular weight is 502 g/mol. The quantitative estimate of drug-likeness (QED) is 0.419. The molecule has 0 fully saturated rings. The lowest BCUT2D eigenvalue weighted by Crippen LogP contribution is -2.28. The van der Waals surface area contributed by atoms with Crippen LogP contribution in [-0.4, -0.2) is 45.2 Å². The Morgan fingerprint density at radius 1 is 1.21 bits per heavy atom. The van der Waals surface area contributed by atoms with Crippen LogP contribution in [-0.2, 0) is 15.8 Å². The lowest BCUT2D eigenvalue weighted by atomic mass is 10.1. The molecule has 34 heavy (non-hydrogen) atoms. The van der Waals surface area contributed by atoms with Gasteiger partial charge in [0.1, 0.15) is 5.69 Å². The van der Waals surface area contributed by atoms with Gasteiger partial charge in [-0.25, -0.2) is 24.8 Å². The maximum atomic E-state index is 13.5. The molecule has 3 amide bonds. The van der Waals surface area contributed by atoms with E-state index in [-0.39, 0.29) is 23.1 Å². The predicted molar refractivity (Wildman–Crippen MR) is 114 cm³/mol. The number of hydrogen-bond acceptors (Lipinski definition) is 7. The van der Waals surface area contributed by atoms with E-state index in [2.05, 4.69) is 30.5 Å². The number of carbonyl (C=O) groups excluding carboxylic acids is 2. The molecule has 0 spiro atoms. The van der Waals surface area contributed by atoms with Crippen LogP contribution in [0.4, 0.5) is 29.3 Å². The molecular formula is C19H19ClF3N7O4. The van der Waals surface area contributed by atoms with E-state index < -0.39 is 35.5 Å². The van der Waals surface area contributed by atoms with Crippen LogP contribution in [0.1, 0.15) is 41.7 Å². The fraction of sp³-hybridized carbons (Fsp3) is 0.316. The molecule has 0 aliphatic heterocycles. The summed E-state index contributed by atoms with van der Waals surface area (Å²) >= 11 is 5.94. The number of fused-ring (bicyclic) bond motifs is 1. The van der Waals surface area contributed by atoms with Crippen molar-refractivity contribution in [3.63, 3.8) is 0 Å². The molecule has 182 valence electrons. The van der Waals surface area contributed by atoms with Crippen molar-refractivity contribution in [2.24, 2.45) is 0 Å². The zero-order valence-corrected chi connectivity index (χ0v) is 18.8. The lowest BCUT2D eigenvalue weighted by Gasteiger charge is -2.17. The van der Waals surface area contributed by atoms with Crippen molar-refractivity contribution in [3.05, 3.63) is 46.6 Å². The van der Waals surface area contributed by atoms with Crippen LogP contribution in [0, 0.1) is 0 Å². The molecule has 3 rings (SSSR count). The minimum Gasteiger partial charge on any atom is -0.375 e. The van der Waals surface area contributed by atoms with Gasteiger partial charge in [-0.1, -0.05) is 11.6 Å². The number of urea groups is 1. The number of amides is 3. The van der Waals surface area contributed by atoms with Crippen molar-refractivity contribution in [3.8, 4) is 0 Å². The Bertz CT molecular complexity index is 1220. The number of nitrogens with zero attached hydrogens (tertiary/aromatic N) is 4. The Morgan fingerprint density at radius 2 is 1.94 bits per heavy atom. The molecule has 3 N–H and O–H groups in total. The van der Waals surface area contributed by atoms with Crippen LogP contribution < -0.4 is 16.1 Å². The molecule has 0 saturated heterocycles. The van der Waals surface area contributed by atoms with Gasteiger partial charge in [0.15, 0.2) is 10.8 Å². The lowest BCUT2D eigenvalue weighted by molar-refractivity contribution is -0.138. The van der Waals surface area contributed by atoms with Gasteiger partial charge in [0.2, 0.25) is 0 Å². The second-order valence-electron chi connectivity index (χ2n) is 6.73. The number of nitrogens with one attached hydrogen (secondary N) is 3. The van der Waals surface area contributed by atoms with Gasteiger partial charge in [-0.15, -0.1) is 0 Å². The number of ether oxygens (including phenoxy) is 1. The van der Waals surface area contributed by atoms with Crippen LogP contribution in [0.15, 0.2) is 24.5 Å². The number of methoxy groups -OCH3 is 1. The van der Waals surface area contributed by atoms with Crippen LogP contribution in [0.5, 0.6) is 0 Å². The predicted octanol–water partition coefficient (Wildman–Crippen LogP) is 3.83. The molecule has 3 aromatic heterocycles. The summed E-state index contributed by atoms with van der Waals surface area (Å²) in [7, 11) is 1.44. The van der Waals surface area contributed by atoms with Gasteiger partial charge in [0.25, 0.3) is 5.91 Å². The van der Waals surface area contributed by atoms with E-state index in [1.54, 1.807) is 6.92 Å². The van der Waals surface area contributed by atoms with E-state index in [4.69, 9.17) is 16.3 Å². The first-order chi connectivity index (χ1) is 16.0. The molecule has 3 aromatic rings. The molecule has 0 aliphatic carbocycles. The van der Waals surface area contributed by atoms with Gasteiger partial charge in [0.05, 0.1) is 47.7 Å². The van der Waals surface area contributed by atoms with Crippen LogP contribution in [0.25, 0.3) is 5.65 Å². The number of alkyl halides is 3. The molecule has 0 unspecified atom stereocenters. The summed E-state index contributed by atoms with van der Waals surface area (Å²) < 4.78 is 47.2. The summed E-state index contributed by atoms with van der Waals surface area (Å²) in [5.74, 6) is -1.18. The highest BCUT2D eigenvalue weighted by atomic mass is 35.5. The van der Waals surface area contributed by atoms with Gasteiger partial charge in [-0.2, -0.15) is 18.3 Å². The molecule has 15 heteroatoms. The second kappa shape index (κ2) is 10.2. The molecule has 0 aromatic carbocycles.